The lowest BCUT2D eigenvalue weighted by atomic mass is 9.90. The SMILES string of the molecule is N#CC1C=C(C(=O)Nc2ccc(Oc3ncc(C(F)(F)F)cc3Cl)cc2)C(Cl)CC1. The first-order valence-electron chi connectivity index (χ1n) is 8.75. The predicted octanol–water partition coefficient (Wildman–Crippen LogP) is 5.95. The van der Waals surface area contributed by atoms with Crippen LogP contribution in [0.2, 0.25) is 5.02 Å². The highest BCUT2D eigenvalue weighted by atomic mass is 35.5. The number of hydrogen-bond donors (Lipinski definition) is 1. The second kappa shape index (κ2) is 8.94. The molecule has 0 bridgehead atoms. The number of hydrogen-bond acceptors (Lipinski definition) is 4. The number of allylic oxidation sites excluding steroid dienone is 1. The number of halogens is 5. The molecule has 1 aliphatic rings. The fourth-order valence-electron chi connectivity index (χ4n) is 2.78. The number of nitriles is 1. The molecule has 5 nitrogen and oxygen atoms in total. The van der Waals surface area contributed by atoms with E-state index in [2.05, 4.69) is 16.4 Å². The number of nitrogens with zero attached hydrogens (tertiary/aromatic N) is 2. The van der Waals surface area contributed by atoms with Gasteiger partial charge in [-0.25, -0.2) is 4.98 Å². The molecule has 2 atom stereocenters. The Hall–Kier alpha value is -2.76. The first-order chi connectivity index (χ1) is 14.2. The molecule has 30 heavy (non-hydrogen) atoms. The van der Waals surface area contributed by atoms with E-state index >= 15 is 0 Å². The van der Waals surface area contributed by atoms with Crippen LogP contribution in [0.25, 0.3) is 0 Å². The average molecular weight is 456 g/mol. The summed E-state index contributed by atoms with van der Waals surface area (Å²) in [5.41, 5.74) is -0.190. The third-order valence-electron chi connectivity index (χ3n) is 4.34. The third-order valence-corrected chi connectivity index (χ3v) is 5.06. The van der Waals surface area contributed by atoms with Crippen molar-refractivity contribution >= 4 is 34.8 Å². The van der Waals surface area contributed by atoms with Gasteiger partial charge in [-0.3, -0.25) is 4.79 Å². The zero-order valence-electron chi connectivity index (χ0n) is 15.2. The summed E-state index contributed by atoms with van der Waals surface area (Å²) in [5, 5.41) is 11.0. The summed E-state index contributed by atoms with van der Waals surface area (Å²) in [5.74, 6) is -0.672. The van der Waals surface area contributed by atoms with E-state index in [0.29, 0.717) is 30.3 Å². The van der Waals surface area contributed by atoms with Crippen molar-refractivity contribution in [3.8, 4) is 17.7 Å². The standard InChI is InChI=1S/C20H14Cl2F3N3O2/c21-16-6-1-11(9-26)7-15(16)18(29)28-13-2-4-14(5-3-13)30-19-17(22)8-12(10-27-19)20(23,24)25/h2-5,7-8,10-11,16H,1,6H2,(H,28,29). The second-order valence-electron chi connectivity index (χ2n) is 6.49. The molecular formula is C20H14Cl2F3N3O2. The Bertz CT molecular complexity index is 1020. The number of aromatic nitrogens is 1. The van der Waals surface area contributed by atoms with Gasteiger partial charge in [0.1, 0.15) is 10.8 Å². The van der Waals surface area contributed by atoms with Gasteiger partial charge < -0.3 is 10.1 Å². The summed E-state index contributed by atoms with van der Waals surface area (Å²) in [6, 6.07) is 8.92. The monoisotopic (exact) mass is 455 g/mol. The lowest BCUT2D eigenvalue weighted by molar-refractivity contribution is -0.137. The largest absolute Gasteiger partial charge is 0.438 e. The number of anilines is 1. The molecule has 2 unspecified atom stereocenters. The minimum absolute atomic E-state index is 0.179. The minimum Gasteiger partial charge on any atom is -0.438 e. The molecule has 1 aromatic carbocycles. The molecule has 10 heteroatoms. The van der Waals surface area contributed by atoms with Gasteiger partial charge in [-0.1, -0.05) is 17.7 Å². The number of rotatable bonds is 4. The van der Waals surface area contributed by atoms with Crippen LogP contribution in [0.15, 0.2) is 48.2 Å². The number of ether oxygens (including phenoxy) is 1. The van der Waals surface area contributed by atoms with Crippen LogP contribution in [0.4, 0.5) is 18.9 Å². The third kappa shape index (κ3) is 5.23. The summed E-state index contributed by atoms with van der Waals surface area (Å²) in [6.07, 6.45) is -1.21. The Labute approximate surface area is 180 Å². The molecule has 156 valence electrons. The van der Waals surface area contributed by atoms with E-state index in [1.165, 1.54) is 12.1 Å². The summed E-state index contributed by atoms with van der Waals surface area (Å²) in [4.78, 5) is 16.1. The number of carbonyl (C=O) groups is 1. The Kier molecular flexibility index (Phi) is 6.54. The lowest BCUT2D eigenvalue weighted by Crippen LogP contribution is -2.25. The van der Waals surface area contributed by atoms with Crippen molar-refractivity contribution in [3.05, 3.63) is 58.8 Å². The second-order valence-corrected chi connectivity index (χ2v) is 7.43. The van der Waals surface area contributed by atoms with E-state index in [1.54, 1.807) is 18.2 Å². The molecule has 0 fully saturated rings. The van der Waals surface area contributed by atoms with Crippen LogP contribution in [0, 0.1) is 17.2 Å². The van der Waals surface area contributed by atoms with Crippen LogP contribution in [0.5, 0.6) is 11.6 Å². The van der Waals surface area contributed by atoms with E-state index in [4.69, 9.17) is 33.2 Å². The number of nitrogens with one attached hydrogen (secondary N) is 1. The molecule has 2 aromatic rings. The zero-order valence-corrected chi connectivity index (χ0v) is 16.7. The van der Waals surface area contributed by atoms with Gasteiger partial charge in [0, 0.05) is 17.5 Å². The minimum atomic E-state index is -4.56. The van der Waals surface area contributed by atoms with Gasteiger partial charge in [0.2, 0.25) is 5.88 Å². The first-order valence-corrected chi connectivity index (χ1v) is 9.56. The van der Waals surface area contributed by atoms with Crippen molar-refractivity contribution in [3.63, 3.8) is 0 Å². The topological polar surface area (TPSA) is 75.0 Å². The molecule has 0 saturated carbocycles. The highest BCUT2D eigenvalue weighted by molar-refractivity contribution is 6.31. The smallest absolute Gasteiger partial charge is 0.417 e. The van der Waals surface area contributed by atoms with Crippen LogP contribution in [0.1, 0.15) is 18.4 Å². The quantitative estimate of drug-likeness (QED) is 0.577. The van der Waals surface area contributed by atoms with Crippen molar-refractivity contribution in [2.45, 2.75) is 24.4 Å². The summed E-state index contributed by atoms with van der Waals surface area (Å²) >= 11 is 12.0. The normalized spacial score (nSPS) is 18.9. The van der Waals surface area contributed by atoms with Crippen LogP contribution in [0.3, 0.4) is 0 Å². The molecule has 0 saturated heterocycles. The average Bonchev–Trinajstić information content (AvgIpc) is 2.70. The number of benzene rings is 1. The molecule has 1 amide bonds. The van der Waals surface area contributed by atoms with Gasteiger partial charge in [-0.2, -0.15) is 18.4 Å². The number of amides is 1. The van der Waals surface area contributed by atoms with Crippen molar-refractivity contribution in [1.29, 1.82) is 5.26 Å². The maximum Gasteiger partial charge on any atom is 0.417 e. The van der Waals surface area contributed by atoms with E-state index in [9.17, 15) is 18.0 Å². The van der Waals surface area contributed by atoms with Crippen LogP contribution in [-0.2, 0) is 11.0 Å². The molecule has 0 radical (unpaired) electrons. The Morgan fingerprint density at radius 1 is 1.27 bits per heavy atom. The number of alkyl halides is 4. The van der Waals surface area contributed by atoms with E-state index in [1.807, 2.05) is 0 Å². The maximum atomic E-state index is 12.7. The molecule has 1 aromatic heterocycles. The van der Waals surface area contributed by atoms with Gasteiger partial charge in [0.15, 0.2) is 0 Å². The van der Waals surface area contributed by atoms with Gasteiger partial charge in [-0.05, 0) is 43.2 Å². The van der Waals surface area contributed by atoms with Gasteiger partial charge in [-0.15, -0.1) is 11.6 Å². The highest BCUT2D eigenvalue weighted by Gasteiger charge is 2.32. The molecule has 1 aliphatic carbocycles. The van der Waals surface area contributed by atoms with Crippen LogP contribution < -0.4 is 10.1 Å². The maximum absolute atomic E-state index is 12.7. The van der Waals surface area contributed by atoms with E-state index in [-0.39, 0.29) is 22.6 Å². The first kappa shape index (κ1) is 21.9. The van der Waals surface area contributed by atoms with Crippen molar-refractivity contribution in [2.75, 3.05) is 5.32 Å². The van der Waals surface area contributed by atoms with Crippen LogP contribution >= 0.6 is 23.2 Å². The van der Waals surface area contributed by atoms with E-state index < -0.39 is 23.0 Å². The number of carbonyl (C=O) groups excluding carboxylic acids is 1. The molecule has 1 N–H and O–H groups in total. The zero-order chi connectivity index (χ0) is 21.9. The summed E-state index contributed by atoms with van der Waals surface area (Å²) in [6.45, 7) is 0. The Balaban J connectivity index is 1.68. The molecule has 0 spiro atoms. The Morgan fingerprint density at radius 3 is 2.57 bits per heavy atom. The lowest BCUT2D eigenvalue weighted by Gasteiger charge is -2.20. The van der Waals surface area contributed by atoms with Crippen molar-refractivity contribution in [2.24, 2.45) is 5.92 Å². The fraction of sp³-hybridized carbons (Fsp3) is 0.250. The summed E-state index contributed by atoms with van der Waals surface area (Å²) < 4.78 is 43.4. The number of pyridine rings is 1. The molecule has 3 rings (SSSR count). The van der Waals surface area contributed by atoms with Gasteiger partial charge in [0.25, 0.3) is 5.91 Å². The molecular weight excluding hydrogens is 442 g/mol. The summed E-state index contributed by atoms with van der Waals surface area (Å²) in [7, 11) is 0. The molecule has 1 heterocycles. The van der Waals surface area contributed by atoms with E-state index in [0.717, 1.165) is 6.07 Å². The highest BCUT2D eigenvalue weighted by Crippen LogP contribution is 2.35. The fourth-order valence-corrected chi connectivity index (χ4v) is 3.29. The van der Waals surface area contributed by atoms with Gasteiger partial charge in [0.05, 0.1) is 22.9 Å². The van der Waals surface area contributed by atoms with Gasteiger partial charge >= 0.3 is 6.18 Å². The van der Waals surface area contributed by atoms with Crippen LogP contribution in [-0.4, -0.2) is 16.3 Å². The predicted molar refractivity (Wildman–Crippen MR) is 105 cm³/mol. The molecule has 0 aliphatic heterocycles. The van der Waals surface area contributed by atoms with Crippen molar-refractivity contribution in [1.82, 2.24) is 4.98 Å². The Morgan fingerprint density at radius 2 is 1.97 bits per heavy atom. The van der Waals surface area contributed by atoms with Crippen molar-refractivity contribution < 1.29 is 22.7 Å².